The number of hydrogen-bond donors (Lipinski definition) is 1. The van der Waals surface area contributed by atoms with Crippen LogP contribution in [-0.2, 0) is 0 Å². The van der Waals surface area contributed by atoms with Gasteiger partial charge in [-0.3, -0.25) is 0 Å². The molecule has 0 heterocycles. The first-order valence-electron chi connectivity index (χ1n) is 8.63. The molecule has 3 fully saturated rings. The van der Waals surface area contributed by atoms with Crippen LogP contribution < -0.4 is 0 Å². The predicted octanol–water partition coefficient (Wildman–Crippen LogP) is 4.48. The molecule has 6 atom stereocenters. The zero-order valence-corrected chi connectivity index (χ0v) is 12.9. The van der Waals surface area contributed by atoms with Gasteiger partial charge in [0.2, 0.25) is 0 Å². The van der Waals surface area contributed by atoms with Crippen molar-refractivity contribution in [2.75, 3.05) is 0 Å². The van der Waals surface area contributed by atoms with E-state index in [4.69, 9.17) is 0 Å². The zero-order valence-electron chi connectivity index (χ0n) is 12.9. The van der Waals surface area contributed by atoms with Gasteiger partial charge in [-0.1, -0.05) is 50.5 Å². The van der Waals surface area contributed by atoms with E-state index in [-0.39, 0.29) is 11.5 Å². The van der Waals surface area contributed by atoms with Crippen molar-refractivity contribution in [1.82, 2.24) is 0 Å². The number of allylic oxidation sites excluding steroid dienone is 4. The zero-order chi connectivity index (χ0) is 14.0. The van der Waals surface area contributed by atoms with Crippen molar-refractivity contribution in [3.05, 3.63) is 23.8 Å². The Bertz CT molecular complexity index is 476. The molecule has 4 aliphatic carbocycles. The molecule has 0 amide bonds. The largest absolute Gasteiger partial charge is 0.393 e. The Morgan fingerprint density at radius 3 is 2.85 bits per heavy atom. The standard InChI is InChI=1S/C19H28O/c1-18-10-5-7-15(18)14-9-8-13-6-3-4-11-19(13,2)17(14)16(20)12-18/h5,7,10,13-14,16-17,20H,3-4,6,8-9,11-12H2,1-2H3/t13?,14-,16-,17+,18-,19-/m0/s1. The van der Waals surface area contributed by atoms with Crippen molar-refractivity contribution in [2.45, 2.75) is 64.9 Å². The Hall–Kier alpha value is -0.560. The van der Waals surface area contributed by atoms with E-state index in [0.29, 0.717) is 17.3 Å². The maximum absolute atomic E-state index is 11.0. The first-order chi connectivity index (χ1) is 9.55. The predicted molar refractivity (Wildman–Crippen MR) is 82.2 cm³/mol. The Kier molecular flexibility index (Phi) is 2.77. The molecule has 0 saturated heterocycles. The summed E-state index contributed by atoms with van der Waals surface area (Å²) in [6.45, 7) is 4.83. The second-order valence-electron chi connectivity index (χ2n) is 8.33. The van der Waals surface area contributed by atoms with Crippen LogP contribution in [0.3, 0.4) is 0 Å². The molecule has 4 rings (SSSR count). The molecule has 0 radical (unpaired) electrons. The molecule has 3 saturated carbocycles. The second kappa shape index (κ2) is 4.22. The van der Waals surface area contributed by atoms with Crippen LogP contribution in [0, 0.1) is 28.6 Å². The van der Waals surface area contributed by atoms with Crippen molar-refractivity contribution in [1.29, 1.82) is 0 Å². The molecule has 1 nitrogen and oxygen atoms in total. The lowest BCUT2D eigenvalue weighted by atomic mass is 9.46. The summed E-state index contributed by atoms with van der Waals surface area (Å²) in [5.74, 6) is 2.02. The van der Waals surface area contributed by atoms with Crippen molar-refractivity contribution < 1.29 is 5.11 Å². The van der Waals surface area contributed by atoms with Gasteiger partial charge in [0.1, 0.15) is 0 Å². The molecule has 0 aromatic rings. The summed E-state index contributed by atoms with van der Waals surface area (Å²) in [6.07, 6.45) is 16.0. The van der Waals surface area contributed by atoms with E-state index in [1.54, 1.807) is 5.57 Å². The normalized spacial score (nSPS) is 53.9. The van der Waals surface area contributed by atoms with E-state index in [1.807, 2.05) is 0 Å². The maximum Gasteiger partial charge on any atom is 0.0590 e. The van der Waals surface area contributed by atoms with Crippen LogP contribution in [-0.4, -0.2) is 11.2 Å². The summed E-state index contributed by atoms with van der Waals surface area (Å²) in [6, 6.07) is 0. The van der Waals surface area contributed by atoms with E-state index >= 15 is 0 Å². The Morgan fingerprint density at radius 1 is 1.15 bits per heavy atom. The number of rotatable bonds is 0. The van der Waals surface area contributed by atoms with Crippen molar-refractivity contribution >= 4 is 0 Å². The van der Waals surface area contributed by atoms with E-state index in [2.05, 4.69) is 32.1 Å². The van der Waals surface area contributed by atoms with Crippen molar-refractivity contribution in [3.8, 4) is 0 Å². The molecule has 0 aromatic heterocycles. The molecule has 0 bridgehead atoms. The topological polar surface area (TPSA) is 20.2 Å². The summed E-state index contributed by atoms with van der Waals surface area (Å²) in [7, 11) is 0. The summed E-state index contributed by atoms with van der Waals surface area (Å²) < 4.78 is 0. The van der Waals surface area contributed by atoms with Crippen LogP contribution in [0.15, 0.2) is 23.8 Å². The number of hydrogen-bond acceptors (Lipinski definition) is 1. The van der Waals surface area contributed by atoms with E-state index < -0.39 is 0 Å². The molecule has 1 heteroatoms. The number of aliphatic hydroxyl groups is 1. The molecule has 0 aromatic carbocycles. The van der Waals surface area contributed by atoms with Gasteiger partial charge in [-0.15, -0.1) is 0 Å². The third-order valence-electron chi connectivity index (χ3n) is 7.32. The average molecular weight is 272 g/mol. The smallest absolute Gasteiger partial charge is 0.0590 e. The fourth-order valence-electron chi connectivity index (χ4n) is 6.37. The maximum atomic E-state index is 11.0. The minimum absolute atomic E-state index is 0.101. The summed E-state index contributed by atoms with van der Waals surface area (Å²) >= 11 is 0. The molecule has 0 spiro atoms. The van der Waals surface area contributed by atoms with Crippen molar-refractivity contribution in [2.24, 2.45) is 28.6 Å². The van der Waals surface area contributed by atoms with Crippen LogP contribution in [0.25, 0.3) is 0 Å². The van der Waals surface area contributed by atoms with Crippen LogP contribution >= 0.6 is 0 Å². The monoisotopic (exact) mass is 272 g/mol. The third-order valence-corrected chi connectivity index (χ3v) is 7.32. The van der Waals surface area contributed by atoms with Crippen LogP contribution in [0.1, 0.15) is 58.8 Å². The van der Waals surface area contributed by atoms with Gasteiger partial charge in [-0.25, -0.2) is 0 Å². The first-order valence-corrected chi connectivity index (χ1v) is 8.63. The molecular weight excluding hydrogens is 244 g/mol. The summed E-state index contributed by atoms with van der Waals surface area (Å²) in [4.78, 5) is 0. The SMILES string of the molecule is C[C@@]12C=CC=C1[C@@H]1CCC3CCCC[C@]3(C)[C@H]1[C@@H](O)C2. The molecular formula is C19H28O. The lowest BCUT2D eigenvalue weighted by Crippen LogP contribution is -2.55. The highest BCUT2D eigenvalue weighted by atomic mass is 16.3. The average Bonchev–Trinajstić information content (AvgIpc) is 2.78. The van der Waals surface area contributed by atoms with Gasteiger partial charge in [0.05, 0.1) is 6.10 Å². The van der Waals surface area contributed by atoms with E-state index in [1.165, 1.54) is 38.5 Å². The van der Waals surface area contributed by atoms with Gasteiger partial charge in [0.25, 0.3) is 0 Å². The minimum atomic E-state index is -0.101. The molecule has 4 aliphatic rings. The molecule has 0 aliphatic heterocycles. The van der Waals surface area contributed by atoms with Gasteiger partial charge >= 0.3 is 0 Å². The first kappa shape index (κ1) is 13.1. The summed E-state index contributed by atoms with van der Waals surface area (Å²) in [5, 5.41) is 11.0. The molecule has 1 unspecified atom stereocenters. The van der Waals surface area contributed by atoms with Gasteiger partial charge < -0.3 is 5.11 Å². The molecule has 20 heavy (non-hydrogen) atoms. The summed E-state index contributed by atoms with van der Waals surface area (Å²) in [5.41, 5.74) is 2.18. The number of fused-ring (bicyclic) bond motifs is 5. The van der Waals surface area contributed by atoms with Crippen molar-refractivity contribution in [3.63, 3.8) is 0 Å². The Labute approximate surface area is 123 Å². The highest BCUT2D eigenvalue weighted by molar-refractivity contribution is 5.38. The highest BCUT2D eigenvalue weighted by Crippen LogP contribution is 2.63. The van der Waals surface area contributed by atoms with Gasteiger partial charge in [-0.2, -0.15) is 0 Å². The molecule has 110 valence electrons. The lowest BCUT2D eigenvalue weighted by Gasteiger charge is -2.59. The van der Waals surface area contributed by atoms with E-state index in [9.17, 15) is 5.11 Å². The lowest BCUT2D eigenvalue weighted by molar-refractivity contribution is -0.112. The third kappa shape index (κ3) is 1.59. The quantitative estimate of drug-likeness (QED) is 0.689. The van der Waals surface area contributed by atoms with Gasteiger partial charge in [-0.05, 0) is 55.3 Å². The van der Waals surface area contributed by atoms with Crippen LogP contribution in [0.2, 0.25) is 0 Å². The van der Waals surface area contributed by atoms with E-state index in [0.717, 1.165) is 12.3 Å². The van der Waals surface area contributed by atoms with Crippen LogP contribution in [0.4, 0.5) is 0 Å². The fraction of sp³-hybridized carbons (Fsp3) is 0.789. The number of aliphatic hydroxyl groups excluding tert-OH is 1. The second-order valence-corrected chi connectivity index (χ2v) is 8.33. The van der Waals surface area contributed by atoms with Crippen LogP contribution in [0.5, 0.6) is 0 Å². The fourth-order valence-corrected chi connectivity index (χ4v) is 6.37. The molecule has 1 N–H and O–H groups in total. The Balaban J connectivity index is 1.74. The highest BCUT2D eigenvalue weighted by Gasteiger charge is 2.57. The van der Waals surface area contributed by atoms with Gasteiger partial charge in [0.15, 0.2) is 0 Å². The Morgan fingerprint density at radius 2 is 2.00 bits per heavy atom. The van der Waals surface area contributed by atoms with Gasteiger partial charge in [0, 0.05) is 5.41 Å². The minimum Gasteiger partial charge on any atom is -0.393 e.